The summed E-state index contributed by atoms with van der Waals surface area (Å²) < 4.78 is 28.3. The molecule has 1 aromatic carbocycles. The molecule has 2 rings (SSSR count). The summed E-state index contributed by atoms with van der Waals surface area (Å²) >= 11 is 0. The topological polar surface area (TPSA) is 82.1 Å². The molecule has 0 radical (unpaired) electrons. The Kier molecular flexibility index (Phi) is 5.75. The molecule has 1 N–H and O–H groups in total. The third-order valence-corrected chi connectivity index (χ3v) is 5.91. The van der Waals surface area contributed by atoms with E-state index in [1.165, 1.54) is 0 Å². The van der Waals surface area contributed by atoms with Crippen LogP contribution in [0.2, 0.25) is 0 Å². The maximum absolute atomic E-state index is 12.7. The molecule has 7 heteroatoms. The predicted octanol–water partition coefficient (Wildman–Crippen LogP) is 2.67. The summed E-state index contributed by atoms with van der Waals surface area (Å²) in [5, 5.41) is 10.3. The van der Waals surface area contributed by atoms with Crippen LogP contribution in [-0.4, -0.2) is 36.1 Å². The Morgan fingerprint density at radius 2 is 1.86 bits per heavy atom. The van der Waals surface area contributed by atoms with E-state index in [0.717, 1.165) is 0 Å². The zero-order chi connectivity index (χ0) is 16.2. The molecule has 0 aromatic heterocycles. The highest BCUT2D eigenvalue weighted by atomic mass is 31.2. The lowest BCUT2D eigenvalue weighted by molar-refractivity contribution is -0.145. The quantitative estimate of drug-likeness (QED) is 0.612. The number of ether oxygens (including phenoxy) is 1. The molecule has 1 saturated heterocycles. The number of cyclic esters (lactones) is 1. The van der Waals surface area contributed by atoms with Crippen molar-refractivity contribution in [2.24, 2.45) is 0 Å². The number of carbonyl (C=O) groups is 1. The van der Waals surface area contributed by atoms with Crippen molar-refractivity contribution in [2.45, 2.75) is 38.1 Å². The molecule has 22 heavy (non-hydrogen) atoms. The fourth-order valence-electron chi connectivity index (χ4n) is 2.49. The van der Waals surface area contributed by atoms with E-state index in [1.807, 2.05) is 6.07 Å². The largest absolute Gasteiger partial charge is 0.458 e. The lowest BCUT2D eigenvalue weighted by atomic mass is 10.0. The molecule has 6 nitrogen and oxygen atoms in total. The first kappa shape index (κ1) is 17.2. The normalized spacial score (nSPS) is 23.3. The summed E-state index contributed by atoms with van der Waals surface area (Å²) in [4.78, 5) is 12.1. The van der Waals surface area contributed by atoms with Crippen LogP contribution in [0.25, 0.3) is 0 Å². The second kappa shape index (κ2) is 7.38. The zero-order valence-electron chi connectivity index (χ0n) is 12.7. The Morgan fingerprint density at radius 1 is 1.27 bits per heavy atom. The lowest BCUT2D eigenvalue weighted by Gasteiger charge is -2.20. The van der Waals surface area contributed by atoms with Gasteiger partial charge in [0.2, 0.25) is 0 Å². The van der Waals surface area contributed by atoms with Gasteiger partial charge in [0.25, 0.3) is 0 Å². The van der Waals surface area contributed by atoms with E-state index >= 15 is 0 Å². The molecule has 122 valence electrons. The third kappa shape index (κ3) is 3.58. The molecule has 3 atom stereocenters. The number of esters is 1. The van der Waals surface area contributed by atoms with Crippen molar-refractivity contribution in [3.05, 3.63) is 35.9 Å². The smallest absolute Gasteiger partial charge is 0.345 e. The van der Waals surface area contributed by atoms with E-state index < -0.39 is 31.4 Å². The molecule has 0 saturated carbocycles. The molecule has 1 aromatic rings. The van der Waals surface area contributed by atoms with Gasteiger partial charge in [0.15, 0.2) is 5.66 Å². The molecule has 0 amide bonds. The second-order valence-electron chi connectivity index (χ2n) is 4.96. The van der Waals surface area contributed by atoms with Gasteiger partial charge in [-0.25, -0.2) is 0 Å². The van der Waals surface area contributed by atoms with Gasteiger partial charge in [-0.2, -0.15) is 0 Å². The number of aliphatic hydroxyl groups excluding tert-OH is 1. The fourth-order valence-corrected chi connectivity index (χ4v) is 4.42. The highest BCUT2D eigenvalue weighted by Crippen LogP contribution is 2.57. The van der Waals surface area contributed by atoms with E-state index in [0.29, 0.717) is 5.56 Å². The van der Waals surface area contributed by atoms with Crippen molar-refractivity contribution in [2.75, 3.05) is 13.2 Å². The van der Waals surface area contributed by atoms with E-state index in [1.54, 1.807) is 38.1 Å². The average Bonchev–Trinajstić information content (AvgIpc) is 2.90. The van der Waals surface area contributed by atoms with Crippen LogP contribution in [0.15, 0.2) is 30.3 Å². The summed E-state index contributed by atoms with van der Waals surface area (Å²) in [5.74, 6) is -0.648. The van der Waals surface area contributed by atoms with Gasteiger partial charge in [0.05, 0.1) is 13.2 Å². The van der Waals surface area contributed by atoms with Crippen LogP contribution in [0.3, 0.4) is 0 Å². The van der Waals surface area contributed by atoms with Gasteiger partial charge in [-0.15, -0.1) is 0 Å². The van der Waals surface area contributed by atoms with Crippen molar-refractivity contribution in [3.63, 3.8) is 0 Å². The molecular formula is C15H21O6P. The number of aliphatic hydroxyl groups is 1. The Morgan fingerprint density at radius 3 is 2.41 bits per heavy atom. The minimum atomic E-state index is -3.58. The Hall–Kier alpha value is -1.20. The predicted molar refractivity (Wildman–Crippen MR) is 80.5 cm³/mol. The number of carbonyl (C=O) groups excluding carboxylic acids is 1. The minimum Gasteiger partial charge on any atom is -0.458 e. The van der Waals surface area contributed by atoms with E-state index in [9.17, 15) is 14.5 Å². The van der Waals surface area contributed by atoms with Crippen LogP contribution in [0.4, 0.5) is 0 Å². The van der Waals surface area contributed by atoms with Gasteiger partial charge < -0.3 is 18.9 Å². The standard InChI is InChI=1S/C15H21O6P/c1-3-19-22(18,20-4-2)13-10-12(21-15(13)17)14(16)11-8-6-5-7-9-11/h5-9,12-14,16H,3-4,10H2,1-2H3. The summed E-state index contributed by atoms with van der Waals surface area (Å²) in [6, 6.07) is 8.90. The molecular weight excluding hydrogens is 307 g/mol. The van der Waals surface area contributed by atoms with Gasteiger partial charge in [-0.3, -0.25) is 9.36 Å². The highest BCUT2D eigenvalue weighted by molar-refractivity contribution is 7.55. The molecule has 0 aliphatic carbocycles. The maximum Gasteiger partial charge on any atom is 0.345 e. The molecule has 1 aliphatic heterocycles. The lowest BCUT2D eigenvalue weighted by Crippen LogP contribution is -2.19. The first-order valence-corrected chi connectivity index (χ1v) is 8.95. The summed E-state index contributed by atoms with van der Waals surface area (Å²) in [7, 11) is -3.58. The van der Waals surface area contributed by atoms with Crippen LogP contribution in [-0.2, 0) is 23.1 Å². The minimum absolute atomic E-state index is 0.103. The van der Waals surface area contributed by atoms with E-state index in [-0.39, 0.29) is 19.6 Å². The molecule has 1 fully saturated rings. The number of hydrogen-bond acceptors (Lipinski definition) is 6. The molecule has 0 bridgehead atoms. The van der Waals surface area contributed by atoms with Gasteiger partial charge in [-0.05, 0) is 19.4 Å². The van der Waals surface area contributed by atoms with Crippen molar-refractivity contribution in [3.8, 4) is 0 Å². The Labute approximate surface area is 129 Å². The SMILES string of the molecule is CCOP(=O)(OCC)C1CC(C(O)c2ccccc2)OC1=O. The van der Waals surface area contributed by atoms with Crippen molar-refractivity contribution >= 4 is 13.6 Å². The van der Waals surface area contributed by atoms with Crippen LogP contribution in [0.5, 0.6) is 0 Å². The van der Waals surface area contributed by atoms with E-state index in [2.05, 4.69) is 0 Å². The van der Waals surface area contributed by atoms with Crippen molar-refractivity contribution in [1.82, 2.24) is 0 Å². The summed E-state index contributed by atoms with van der Waals surface area (Å²) in [6.45, 7) is 3.71. The average molecular weight is 328 g/mol. The van der Waals surface area contributed by atoms with Crippen LogP contribution in [0.1, 0.15) is 31.9 Å². The molecule has 1 heterocycles. The first-order chi connectivity index (χ1) is 10.5. The van der Waals surface area contributed by atoms with Crippen LogP contribution in [0, 0.1) is 0 Å². The first-order valence-electron chi connectivity index (χ1n) is 7.34. The highest BCUT2D eigenvalue weighted by Gasteiger charge is 2.50. The van der Waals surface area contributed by atoms with Crippen molar-refractivity contribution < 1.29 is 28.3 Å². The summed E-state index contributed by atoms with van der Waals surface area (Å²) in [6.07, 6.45) is -1.62. The van der Waals surface area contributed by atoms with E-state index in [4.69, 9.17) is 13.8 Å². The number of hydrogen-bond donors (Lipinski definition) is 1. The zero-order valence-corrected chi connectivity index (χ0v) is 13.6. The fraction of sp³-hybridized carbons (Fsp3) is 0.533. The molecule has 3 unspecified atom stereocenters. The van der Waals surface area contributed by atoms with Gasteiger partial charge in [0.1, 0.15) is 12.2 Å². The van der Waals surface area contributed by atoms with Gasteiger partial charge in [-0.1, -0.05) is 30.3 Å². The number of rotatable bonds is 7. The third-order valence-electron chi connectivity index (χ3n) is 3.49. The van der Waals surface area contributed by atoms with Crippen LogP contribution >= 0.6 is 7.60 Å². The molecule has 1 aliphatic rings. The van der Waals surface area contributed by atoms with Crippen molar-refractivity contribution in [1.29, 1.82) is 0 Å². The summed E-state index contributed by atoms with van der Waals surface area (Å²) in [5.41, 5.74) is -0.348. The van der Waals surface area contributed by atoms with Gasteiger partial charge >= 0.3 is 13.6 Å². The van der Waals surface area contributed by atoms with Gasteiger partial charge in [0, 0.05) is 6.42 Å². The maximum atomic E-state index is 12.7. The molecule has 0 spiro atoms. The number of benzene rings is 1. The monoisotopic (exact) mass is 328 g/mol. The Bertz CT molecular complexity index is 536. The van der Waals surface area contributed by atoms with Crippen LogP contribution < -0.4 is 0 Å². The Balaban J connectivity index is 2.14. The second-order valence-corrected chi connectivity index (χ2v) is 7.18.